The summed E-state index contributed by atoms with van der Waals surface area (Å²) in [6.45, 7) is 5.04. The number of rotatable bonds is 2. The zero-order chi connectivity index (χ0) is 14.4. The van der Waals surface area contributed by atoms with Crippen LogP contribution in [0.4, 0.5) is 0 Å². The van der Waals surface area contributed by atoms with E-state index in [1.165, 1.54) is 6.92 Å². The van der Waals surface area contributed by atoms with Gasteiger partial charge in [-0.1, -0.05) is 12.1 Å². The highest BCUT2D eigenvalue weighted by Crippen LogP contribution is 2.25. The summed E-state index contributed by atoms with van der Waals surface area (Å²) in [6, 6.07) is 4.34. The minimum Gasteiger partial charge on any atom is -0.300 e. The predicted octanol–water partition coefficient (Wildman–Crippen LogP) is 1.10. The second-order valence-electron chi connectivity index (χ2n) is 4.54. The van der Waals surface area contributed by atoms with E-state index >= 15 is 0 Å². The first-order valence-corrected chi connectivity index (χ1v) is 7.56. The summed E-state index contributed by atoms with van der Waals surface area (Å²) in [7, 11) is -3.81. The predicted molar refractivity (Wildman–Crippen MR) is 75.1 cm³/mol. The second kappa shape index (κ2) is 4.57. The molecule has 1 aromatic rings. The van der Waals surface area contributed by atoms with Crippen molar-refractivity contribution in [3.8, 4) is 0 Å². The average Bonchev–Trinajstić information content (AvgIpc) is 2.56. The molecule has 1 amide bonds. The first kappa shape index (κ1) is 14.0. The molecular formula is C12H14N2O3S2. The minimum atomic E-state index is -3.81. The van der Waals surface area contributed by atoms with E-state index in [1.54, 1.807) is 19.1 Å². The van der Waals surface area contributed by atoms with Crippen molar-refractivity contribution in [2.24, 2.45) is 0 Å². The van der Waals surface area contributed by atoms with E-state index in [0.29, 0.717) is 5.56 Å². The normalized spacial score (nSPS) is 19.7. The molecule has 0 aliphatic carbocycles. The van der Waals surface area contributed by atoms with E-state index in [1.807, 2.05) is 13.0 Å². The zero-order valence-corrected chi connectivity index (χ0v) is 12.4. The smallest absolute Gasteiger partial charge is 0.267 e. The lowest BCUT2D eigenvalue weighted by Crippen LogP contribution is -2.38. The van der Waals surface area contributed by atoms with E-state index in [9.17, 15) is 13.2 Å². The number of nitrogens with zero attached hydrogens (tertiary/aromatic N) is 1. The molecule has 1 aliphatic rings. The van der Waals surface area contributed by atoms with Gasteiger partial charge < -0.3 is 5.32 Å². The van der Waals surface area contributed by atoms with E-state index in [0.717, 1.165) is 9.87 Å². The summed E-state index contributed by atoms with van der Waals surface area (Å²) in [5, 5.41) is 2.29. The Hall–Kier alpha value is -1.47. The van der Waals surface area contributed by atoms with Gasteiger partial charge in [-0.25, -0.2) is 12.7 Å². The van der Waals surface area contributed by atoms with Crippen molar-refractivity contribution in [1.29, 1.82) is 0 Å². The van der Waals surface area contributed by atoms with Gasteiger partial charge in [-0.3, -0.25) is 4.79 Å². The Morgan fingerprint density at radius 2 is 1.95 bits per heavy atom. The number of thiocarbonyl (C=S) groups is 1. The van der Waals surface area contributed by atoms with E-state index < -0.39 is 22.0 Å². The monoisotopic (exact) mass is 298 g/mol. The molecule has 0 bridgehead atoms. The standard InChI is InChI=1S/C12H14N2O3S2/c1-7-4-5-8(2)10(6-7)19(16,17)14-9(3)11(15)13-12(14)18/h4-6,9H,1-3H3,(H,13,15,18)/t9-/m0/s1. The van der Waals surface area contributed by atoms with Crippen molar-refractivity contribution in [3.63, 3.8) is 0 Å². The Balaban J connectivity index is 2.57. The van der Waals surface area contributed by atoms with Crippen molar-refractivity contribution in [2.75, 3.05) is 0 Å². The molecule has 1 aliphatic heterocycles. The Morgan fingerprint density at radius 1 is 1.32 bits per heavy atom. The Kier molecular flexibility index (Phi) is 3.36. The number of carbonyl (C=O) groups excluding carboxylic acids is 1. The fraction of sp³-hybridized carbons (Fsp3) is 0.333. The maximum absolute atomic E-state index is 12.6. The maximum Gasteiger partial charge on any atom is 0.267 e. The molecule has 1 atom stereocenters. The van der Waals surface area contributed by atoms with Gasteiger partial charge in [0.05, 0.1) is 4.90 Å². The number of sulfonamides is 1. The third-order valence-electron chi connectivity index (χ3n) is 3.04. The fourth-order valence-electron chi connectivity index (χ4n) is 1.96. The molecule has 102 valence electrons. The van der Waals surface area contributed by atoms with Crippen molar-refractivity contribution in [3.05, 3.63) is 29.3 Å². The SMILES string of the molecule is Cc1ccc(C)c(S(=O)(=O)N2C(=S)NC(=O)[C@@H]2C)c1. The highest BCUT2D eigenvalue weighted by molar-refractivity contribution is 7.91. The molecular weight excluding hydrogens is 284 g/mol. The number of hydrogen-bond acceptors (Lipinski definition) is 4. The molecule has 0 radical (unpaired) electrons. The van der Waals surface area contributed by atoms with Gasteiger partial charge in [0.25, 0.3) is 10.0 Å². The summed E-state index contributed by atoms with van der Waals surface area (Å²) < 4.78 is 26.2. The molecule has 7 heteroatoms. The molecule has 2 rings (SSSR count). The molecule has 1 aromatic carbocycles. The number of amides is 1. The van der Waals surface area contributed by atoms with Gasteiger partial charge >= 0.3 is 0 Å². The molecule has 0 aromatic heterocycles. The number of nitrogens with one attached hydrogen (secondary N) is 1. The second-order valence-corrected chi connectivity index (χ2v) is 6.71. The van der Waals surface area contributed by atoms with Gasteiger partial charge in [-0.05, 0) is 50.2 Å². The van der Waals surface area contributed by atoms with Gasteiger partial charge in [-0.2, -0.15) is 0 Å². The highest BCUT2D eigenvalue weighted by Gasteiger charge is 2.41. The average molecular weight is 298 g/mol. The van der Waals surface area contributed by atoms with Crippen LogP contribution in [0.3, 0.4) is 0 Å². The first-order chi connectivity index (χ1) is 8.75. The maximum atomic E-state index is 12.6. The van der Waals surface area contributed by atoms with Gasteiger partial charge in [0.15, 0.2) is 5.11 Å². The number of benzene rings is 1. The summed E-state index contributed by atoms with van der Waals surface area (Å²) >= 11 is 4.93. The third-order valence-corrected chi connectivity index (χ3v) is 5.47. The molecule has 1 N–H and O–H groups in total. The minimum absolute atomic E-state index is 0.0709. The van der Waals surface area contributed by atoms with Crippen LogP contribution >= 0.6 is 12.2 Å². The van der Waals surface area contributed by atoms with Crippen LogP contribution in [0.1, 0.15) is 18.1 Å². The molecule has 19 heavy (non-hydrogen) atoms. The van der Waals surface area contributed by atoms with Crippen LogP contribution < -0.4 is 5.32 Å². The lowest BCUT2D eigenvalue weighted by atomic mass is 10.2. The van der Waals surface area contributed by atoms with Gasteiger partial charge in [-0.15, -0.1) is 0 Å². The molecule has 1 heterocycles. The van der Waals surface area contributed by atoms with Crippen LogP contribution in [0.5, 0.6) is 0 Å². The van der Waals surface area contributed by atoms with Crippen LogP contribution in [-0.4, -0.2) is 29.8 Å². The van der Waals surface area contributed by atoms with Crippen LogP contribution in [0.15, 0.2) is 23.1 Å². The summed E-state index contributed by atoms with van der Waals surface area (Å²) in [6.07, 6.45) is 0. The molecule has 5 nitrogen and oxygen atoms in total. The van der Waals surface area contributed by atoms with Crippen molar-refractivity contribution >= 4 is 33.3 Å². The van der Waals surface area contributed by atoms with Crippen molar-refractivity contribution < 1.29 is 13.2 Å². The van der Waals surface area contributed by atoms with E-state index in [-0.39, 0.29) is 10.0 Å². The quantitative estimate of drug-likeness (QED) is 0.830. The largest absolute Gasteiger partial charge is 0.300 e. The van der Waals surface area contributed by atoms with Gasteiger partial charge in [0, 0.05) is 0 Å². The summed E-state index contributed by atoms with van der Waals surface area (Å²) in [5.74, 6) is -0.404. The Labute approximate surface area is 117 Å². The number of hydrogen-bond donors (Lipinski definition) is 1. The van der Waals surface area contributed by atoms with E-state index in [4.69, 9.17) is 12.2 Å². The first-order valence-electron chi connectivity index (χ1n) is 5.71. The van der Waals surface area contributed by atoms with Crippen molar-refractivity contribution in [2.45, 2.75) is 31.7 Å². The molecule has 1 fully saturated rings. The molecule has 0 saturated carbocycles. The van der Waals surface area contributed by atoms with Crippen LogP contribution in [0.2, 0.25) is 0 Å². The highest BCUT2D eigenvalue weighted by atomic mass is 32.2. The number of carbonyl (C=O) groups is 1. The van der Waals surface area contributed by atoms with Gasteiger partial charge in [0.1, 0.15) is 6.04 Å². The van der Waals surface area contributed by atoms with E-state index in [2.05, 4.69) is 5.32 Å². The third kappa shape index (κ3) is 2.23. The van der Waals surface area contributed by atoms with Crippen LogP contribution in [0, 0.1) is 13.8 Å². The van der Waals surface area contributed by atoms with Crippen LogP contribution in [-0.2, 0) is 14.8 Å². The Morgan fingerprint density at radius 3 is 2.47 bits per heavy atom. The number of aryl methyl sites for hydroxylation is 2. The lowest BCUT2D eigenvalue weighted by molar-refractivity contribution is -0.120. The lowest BCUT2D eigenvalue weighted by Gasteiger charge is -2.21. The molecule has 0 unspecified atom stereocenters. The fourth-order valence-corrected chi connectivity index (χ4v) is 4.31. The van der Waals surface area contributed by atoms with Crippen LogP contribution in [0.25, 0.3) is 0 Å². The van der Waals surface area contributed by atoms with Gasteiger partial charge in [0.2, 0.25) is 5.91 Å². The molecule has 0 spiro atoms. The zero-order valence-electron chi connectivity index (χ0n) is 10.8. The molecule has 1 saturated heterocycles. The van der Waals surface area contributed by atoms with Crippen molar-refractivity contribution in [1.82, 2.24) is 9.62 Å². The Bertz CT molecular complexity index is 668. The summed E-state index contributed by atoms with van der Waals surface area (Å²) in [4.78, 5) is 11.7. The topological polar surface area (TPSA) is 66.5 Å². The summed E-state index contributed by atoms with van der Waals surface area (Å²) in [5.41, 5.74) is 1.46.